The van der Waals surface area contributed by atoms with Gasteiger partial charge in [0.05, 0.1) is 33.8 Å². The van der Waals surface area contributed by atoms with Gasteiger partial charge in [-0.3, -0.25) is 18.6 Å². The summed E-state index contributed by atoms with van der Waals surface area (Å²) in [6, 6.07) is -0.861. The van der Waals surface area contributed by atoms with Crippen LogP contribution in [0.15, 0.2) is 85.1 Å². The fraction of sp³-hybridized carbons (Fsp3) is 0.761. The minimum atomic E-state index is -4.46. The van der Waals surface area contributed by atoms with Crippen molar-refractivity contribution in [2.24, 2.45) is 0 Å². The standard InChI is InChI=1S/C67H121N2O7P/c1-7-10-13-16-19-22-25-28-30-31-32-33-34-35-36-37-39-42-45-48-51-54-57-60-67(71)76-65(58-55-52-49-46-43-40-27-24-21-18-15-12-9-3)64(63-75-77(72,73)74-62-61-69(4,5)6)68-66(70)59-56-53-50-47-44-41-38-29-26-23-20-17-14-11-8-2/h10,13,19,22,28,30,32-33,35-36,39,42,55,58,64-65H,7-9,11-12,14-18,20-21,23-27,29,31,34,37-38,40-41,43-54,56-57,59-63H2,1-6H3,(H-,68,70,72,73)/p+1/b13-10-,22-19-,30-28-,33-32-,36-35-,42-39-,58-55+. The molecule has 0 spiro atoms. The van der Waals surface area contributed by atoms with Crippen molar-refractivity contribution >= 4 is 19.7 Å². The Morgan fingerprint density at radius 2 is 0.831 bits per heavy atom. The molecule has 0 bridgehead atoms. The van der Waals surface area contributed by atoms with Crippen molar-refractivity contribution in [1.29, 1.82) is 0 Å². The first-order valence-electron chi connectivity index (χ1n) is 31.9. The third kappa shape index (κ3) is 57.7. The zero-order chi connectivity index (χ0) is 56.4. The van der Waals surface area contributed by atoms with Crippen LogP contribution in [0.2, 0.25) is 0 Å². The van der Waals surface area contributed by atoms with Crippen molar-refractivity contribution < 1.29 is 37.3 Å². The average molecular weight is 1100 g/mol. The molecule has 0 heterocycles. The van der Waals surface area contributed by atoms with Crippen molar-refractivity contribution in [2.75, 3.05) is 40.9 Å². The van der Waals surface area contributed by atoms with Gasteiger partial charge in [0.25, 0.3) is 0 Å². The molecule has 0 saturated heterocycles. The Hall–Kier alpha value is -2.81. The van der Waals surface area contributed by atoms with Crippen LogP contribution in [0.25, 0.3) is 0 Å². The Morgan fingerprint density at radius 1 is 0.468 bits per heavy atom. The molecule has 0 radical (unpaired) electrons. The molecule has 3 atom stereocenters. The summed E-state index contributed by atoms with van der Waals surface area (Å²) in [7, 11) is 1.48. The number of esters is 1. The van der Waals surface area contributed by atoms with Crippen LogP contribution in [0.4, 0.5) is 0 Å². The van der Waals surface area contributed by atoms with Gasteiger partial charge in [-0.15, -0.1) is 0 Å². The maximum absolute atomic E-state index is 13.5. The highest BCUT2D eigenvalue weighted by molar-refractivity contribution is 7.47. The molecule has 0 aliphatic rings. The summed E-state index contributed by atoms with van der Waals surface area (Å²) in [5.41, 5.74) is 0. The first kappa shape index (κ1) is 74.2. The summed E-state index contributed by atoms with van der Waals surface area (Å²) in [4.78, 5) is 37.7. The molecule has 0 aromatic heterocycles. The zero-order valence-corrected chi connectivity index (χ0v) is 51.8. The number of likely N-dealkylation sites (N-methyl/N-ethyl adjacent to an activating group) is 1. The highest BCUT2D eigenvalue weighted by Gasteiger charge is 2.30. The number of rotatable bonds is 57. The summed E-state index contributed by atoms with van der Waals surface area (Å²) in [5, 5.41) is 3.05. The van der Waals surface area contributed by atoms with E-state index >= 15 is 0 Å². The lowest BCUT2D eigenvalue weighted by Gasteiger charge is -2.27. The second-order valence-corrected chi connectivity index (χ2v) is 24.0. The van der Waals surface area contributed by atoms with Gasteiger partial charge in [0, 0.05) is 12.8 Å². The van der Waals surface area contributed by atoms with Gasteiger partial charge in [0.1, 0.15) is 19.3 Å². The molecule has 3 unspecified atom stereocenters. The van der Waals surface area contributed by atoms with Gasteiger partial charge in [0.2, 0.25) is 5.91 Å². The molecule has 1 amide bonds. The van der Waals surface area contributed by atoms with Crippen LogP contribution < -0.4 is 5.32 Å². The van der Waals surface area contributed by atoms with Gasteiger partial charge in [-0.1, -0.05) is 267 Å². The molecule has 0 fully saturated rings. The summed E-state index contributed by atoms with van der Waals surface area (Å²) < 4.78 is 30.7. The third-order valence-electron chi connectivity index (χ3n) is 13.8. The number of allylic oxidation sites excluding steroid dienone is 13. The number of phosphoric acid groups is 1. The molecule has 0 aromatic rings. The molecule has 0 aliphatic heterocycles. The number of quaternary nitrogens is 1. The highest BCUT2D eigenvalue weighted by atomic mass is 31.2. The van der Waals surface area contributed by atoms with Gasteiger partial charge in [-0.25, -0.2) is 4.57 Å². The Labute approximate surface area is 476 Å². The van der Waals surface area contributed by atoms with E-state index < -0.39 is 20.0 Å². The van der Waals surface area contributed by atoms with Crippen LogP contribution in [0.3, 0.4) is 0 Å². The van der Waals surface area contributed by atoms with Crippen molar-refractivity contribution in [3.63, 3.8) is 0 Å². The van der Waals surface area contributed by atoms with E-state index in [1.165, 1.54) is 135 Å². The van der Waals surface area contributed by atoms with E-state index in [9.17, 15) is 19.0 Å². The molecule has 9 nitrogen and oxygen atoms in total. The molecule has 0 aliphatic carbocycles. The van der Waals surface area contributed by atoms with Gasteiger partial charge in [0.15, 0.2) is 0 Å². The minimum absolute atomic E-state index is 0.0339. The van der Waals surface area contributed by atoms with E-state index in [0.717, 1.165) is 103 Å². The SMILES string of the molecule is CC/C=C\C/C=C\C/C=C\C/C=C\C/C=C\C/C=C\CCCCCCC(=O)OC(/C=C/CCCCCCCCCCCCC)C(COP(=O)(O)OCC[N+](C)(C)C)NC(=O)CCCCCCCCCCCCCCCCC. The Bertz CT molecular complexity index is 1590. The number of hydrogen-bond acceptors (Lipinski definition) is 6. The second kappa shape index (κ2) is 56.5. The van der Waals surface area contributed by atoms with Crippen LogP contribution in [0, 0.1) is 0 Å². The summed E-state index contributed by atoms with van der Waals surface area (Å²) in [5.74, 6) is -0.530. The average Bonchev–Trinajstić information content (AvgIpc) is 3.39. The largest absolute Gasteiger partial charge is 0.472 e. The molecule has 446 valence electrons. The second-order valence-electron chi connectivity index (χ2n) is 22.6. The number of carbonyl (C=O) groups excluding carboxylic acids is 2. The minimum Gasteiger partial charge on any atom is -0.456 e. The van der Waals surface area contributed by atoms with Crippen molar-refractivity contribution in [3.8, 4) is 0 Å². The van der Waals surface area contributed by atoms with E-state index in [1.807, 2.05) is 33.3 Å². The predicted molar refractivity (Wildman–Crippen MR) is 332 cm³/mol. The maximum atomic E-state index is 13.5. The van der Waals surface area contributed by atoms with Crippen molar-refractivity contribution in [1.82, 2.24) is 5.32 Å². The molecule has 10 heteroatoms. The normalized spacial score (nSPS) is 14.2. The molecule has 0 saturated carbocycles. The Balaban J connectivity index is 5.29. The molecular formula is C67H122N2O7P+. The number of carbonyl (C=O) groups is 2. The van der Waals surface area contributed by atoms with Crippen LogP contribution in [0.5, 0.6) is 0 Å². The fourth-order valence-corrected chi connectivity index (χ4v) is 9.68. The highest BCUT2D eigenvalue weighted by Crippen LogP contribution is 2.43. The van der Waals surface area contributed by atoms with E-state index in [2.05, 4.69) is 99.0 Å². The van der Waals surface area contributed by atoms with E-state index in [-0.39, 0.29) is 31.5 Å². The predicted octanol–water partition coefficient (Wildman–Crippen LogP) is 19.8. The molecule has 0 aromatic carbocycles. The zero-order valence-electron chi connectivity index (χ0n) is 50.9. The van der Waals surface area contributed by atoms with Gasteiger partial charge < -0.3 is 19.4 Å². The monoisotopic (exact) mass is 1100 g/mol. The quantitative estimate of drug-likeness (QED) is 0.0205. The number of amides is 1. The lowest BCUT2D eigenvalue weighted by Crippen LogP contribution is -2.47. The van der Waals surface area contributed by atoms with Gasteiger partial charge in [-0.05, 0) is 83.1 Å². The number of unbranched alkanes of at least 4 members (excludes halogenated alkanes) is 29. The fourth-order valence-electron chi connectivity index (χ4n) is 8.94. The van der Waals surface area contributed by atoms with Crippen LogP contribution in [-0.4, -0.2) is 74.3 Å². The summed E-state index contributed by atoms with van der Waals surface area (Å²) in [6.07, 6.45) is 74.3. The third-order valence-corrected chi connectivity index (χ3v) is 14.8. The van der Waals surface area contributed by atoms with Gasteiger partial charge in [-0.2, -0.15) is 0 Å². The lowest BCUT2D eigenvalue weighted by molar-refractivity contribution is -0.870. The smallest absolute Gasteiger partial charge is 0.456 e. The summed E-state index contributed by atoms with van der Waals surface area (Å²) >= 11 is 0. The number of ether oxygens (including phenoxy) is 1. The molecule has 2 N–H and O–H groups in total. The van der Waals surface area contributed by atoms with Gasteiger partial charge >= 0.3 is 13.8 Å². The van der Waals surface area contributed by atoms with Crippen molar-refractivity contribution in [3.05, 3.63) is 85.1 Å². The number of phosphoric ester groups is 1. The Morgan fingerprint density at radius 3 is 1.25 bits per heavy atom. The number of nitrogens with one attached hydrogen (secondary N) is 1. The van der Waals surface area contributed by atoms with Crippen LogP contribution in [-0.2, 0) is 27.9 Å². The van der Waals surface area contributed by atoms with Crippen LogP contribution in [0.1, 0.15) is 278 Å². The van der Waals surface area contributed by atoms with E-state index in [1.54, 1.807) is 0 Å². The maximum Gasteiger partial charge on any atom is 0.472 e. The topological polar surface area (TPSA) is 111 Å². The molecule has 0 rings (SSSR count). The van der Waals surface area contributed by atoms with E-state index in [4.69, 9.17) is 13.8 Å². The van der Waals surface area contributed by atoms with Crippen LogP contribution >= 0.6 is 7.82 Å². The first-order chi connectivity index (χ1) is 37.4. The molecule has 77 heavy (non-hydrogen) atoms. The number of nitrogens with zero attached hydrogens (tertiary/aromatic N) is 1. The summed E-state index contributed by atoms with van der Waals surface area (Å²) in [6.45, 7) is 6.90. The van der Waals surface area contributed by atoms with Crippen molar-refractivity contribution in [2.45, 2.75) is 290 Å². The lowest BCUT2D eigenvalue weighted by atomic mass is 10.0. The van der Waals surface area contributed by atoms with E-state index in [0.29, 0.717) is 23.9 Å². The Kier molecular flexibility index (Phi) is 54.4. The first-order valence-corrected chi connectivity index (χ1v) is 33.4. The number of hydrogen-bond donors (Lipinski definition) is 2. The molecular weight excluding hydrogens is 976 g/mol.